The van der Waals surface area contributed by atoms with Crippen molar-refractivity contribution >= 4 is 23.6 Å². The van der Waals surface area contributed by atoms with E-state index in [9.17, 15) is 9.59 Å². The Kier molecular flexibility index (Phi) is 4.54. The van der Waals surface area contributed by atoms with Crippen molar-refractivity contribution in [2.75, 3.05) is 31.3 Å². The largest absolute Gasteiger partial charge is 0.342 e. The summed E-state index contributed by atoms with van der Waals surface area (Å²) in [6, 6.07) is 0. The standard InChI is InChI=1S/C13H22N2O2S/c1-10(2)7-15-8-11(6-12(15)16)13(17)14-4-3-5-18-9-14/h10-11H,3-9H2,1-2H3. The third kappa shape index (κ3) is 3.19. The highest BCUT2D eigenvalue weighted by Crippen LogP contribution is 2.23. The van der Waals surface area contributed by atoms with Gasteiger partial charge in [0.2, 0.25) is 11.8 Å². The quantitative estimate of drug-likeness (QED) is 0.778. The lowest BCUT2D eigenvalue weighted by Crippen LogP contribution is -2.40. The first kappa shape index (κ1) is 13.7. The Balaban J connectivity index is 1.90. The molecule has 2 saturated heterocycles. The summed E-state index contributed by atoms with van der Waals surface area (Å²) in [6.07, 6.45) is 1.49. The van der Waals surface area contributed by atoms with Gasteiger partial charge in [0.05, 0.1) is 11.8 Å². The summed E-state index contributed by atoms with van der Waals surface area (Å²) in [4.78, 5) is 27.9. The summed E-state index contributed by atoms with van der Waals surface area (Å²) in [5.41, 5.74) is 0. The minimum Gasteiger partial charge on any atom is -0.342 e. The molecule has 1 unspecified atom stereocenters. The van der Waals surface area contributed by atoms with Gasteiger partial charge in [0.15, 0.2) is 0 Å². The second-order valence-corrected chi connectivity index (χ2v) is 6.66. The molecule has 102 valence electrons. The molecular formula is C13H22N2O2S. The molecule has 0 radical (unpaired) electrons. The van der Waals surface area contributed by atoms with Gasteiger partial charge in [0, 0.05) is 26.1 Å². The number of amides is 2. The van der Waals surface area contributed by atoms with Gasteiger partial charge >= 0.3 is 0 Å². The Bertz CT molecular complexity index is 327. The summed E-state index contributed by atoms with van der Waals surface area (Å²) < 4.78 is 0. The van der Waals surface area contributed by atoms with E-state index in [0.717, 1.165) is 31.1 Å². The van der Waals surface area contributed by atoms with Crippen LogP contribution in [0.2, 0.25) is 0 Å². The monoisotopic (exact) mass is 270 g/mol. The van der Waals surface area contributed by atoms with Crippen molar-refractivity contribution < 1.29 is 9.59 Å². The summed E-state index contributed by atoms with van der Waals surface area (Å²) in [5.74, 6) is 2.64. The first-order valence-electron chi connectivity index (χ1n) is 6.72. The third-order valence-corrected chi connectivity index (χ3v) is 4.50. The molecule has 5 heteroatoms. The van der Waals surface area contributed by atoms with E-state index in [4.69, 9.17) is 0 Å². The molecule has 0 aromatic heterocycles. The first-order valence-corrected chi connectivity index (χ1v) is 7.87. The van der Waals surface area contributed by atoms with E-state index in [2.05, 4.69) is 13.8 Å². The van der Waals surface area contributed by atoms with Crippen LogP contribution in [0.15, 0.2) is 0 Å². The zero-order valence-electron chi connectivity index (χ0n) is 11.2. The number of hydrogen-bond acceptors (Lipinski definition) is 3. The Morgan fingerprint density at radius 1 is 1.50 bits per heavy atom. The highest BCUT2D eigenvalue weighted by molar-refractivity contribution is 7.99. The highest BCUT2D eigenvalue weighted by Gasteiger charge is 2.36. The van der Waals surface area contributed by atoms with Gasteiger partial charge < -0.3 is 9.80 Å². The second kappa shape index (κ2) is 5.95. The molecule has 0 aromatic carbocycles. The van der Waals surface area contributed by atoms with E-state index in [1.807, 2.05) is 21.6 Å². The lowest BCUT2D eigenvalue weighted by atomic mass is 10.1. The van der Waals surface area contributed by atoms with Crippen molar-refractivity contribution in [3.63, 3.8) is 0 Å². The van der Waals surface area contributed by atoms with Gasteiger partial charge in [-0.3, -0.25) is 9.59 Å². The fourth-order valence-electron chi connectivity index (χ4n) is 2.58. The maximum atomic E-state index is 12.3. The van der Waals surface area contributed by atoms with E-state index in [1.165, 1.54) is 0 Å². The summed E-state index contributed by atoms with van der Waals surface area (Å²) in [6.45, 7) is 6.46. The summed E-state index contributed by atoms with van der Waals surface area (Å²) >= 11 is 1.81. The molecule has 2 rings (SSSR count). The molecule has 0 spiro atoms. The molecule has 1 atom stereocenters. The van der Waals surface area contributed by atoms with Crippen LogP contribution in [0.1, 0.15) is 26.7 Å². The summed E-state index contributed by atoms with van der Waals surface area (Å²) in [7, 11) is 0. The number of carbonyl (C=O) groups excluding carboxylic acids is 2. The van der Waals surface area contributed by atoms with E-state index in [0.29, 0.717) is 18.9 Å². The lowest BCUT2D eigenvalue weighted by molar-refractivity contribution is -0.135. The van der Waals surface area contributed by atoms with Gasteiger partial charge in [-0.25, -0.2) is 0 Å². The van der Waals surface area contributed by atoms with Crippen molar-refractivity contribution in [3.8, 4) is 0 Å². The second-order valence-electron chi connectivity index (χ2n) is 5.59. The Morgan fingerprint density at radius 3 is 2.89 bits per heavy atom. The minimum absolute atomic E-state index is 0.102. The number of rotatable bonds is 3. The van der Waals surface area contributed by atoms with Crippen molar-refractivity contribution in [3.05, 3.63) is 0 Å². The fraction of sp³-hybridized carbons (Fsp3) is 0.846. The van der Waals surface area contributed by atoms with Gasteiger partial charge in [-0.15, -0.1) is 11.8 Å². The predicted molar refractivity (Wildman–Crippen MR) is 73.2 cm³/mol. The molecule has 0 bridgehead atoms. The van der Waals surface area contributed by atoms with E-state index in [-0.39, 0.29) is 17.7 Å². The van der Waals surface area contributed by atoms with Crippen LogP contribution in [0.5, 0.6) is 0 Å². The maximum absolute atomic E-state index is 12.3. The Morgan fingerprint density at radius 2 is 2.28 bits per heavy atom. The average molecular weight is 270 g/mol. The van der Waals surface area contributed by atoms with Gasteiger partial charge in [-0.1, -0.05) is 13.8 Å². The van der Waals surface area contributed by atoms with Gasteiger partial charge in [0.25, 0.3) is 0 Å². The van der Waals surface area contributed by atoms with Crippen molar-refractivity contribution in [1.82, 2.24) is 9.80 Å². The van der Waals surface area contributed by atoms with Crippen LogP contribution in [-0.2, 0) is 9.59 Å². The van der Waals surface area contributed by atoms with Crippen molar-refractivity contribution in [2.45, 2.75) is 26.7 Å². The minimum atomic E-state index is -0.102. The number of hydrogen-bond donors (Lipinski definition) is 0. The number of nitrogens with zero attached hydrogens (tertiary/aromatic N) is 2. The number of carbonyl (C=O) groups is 2. The van der Waals surface area contributed by atoms with E-state index >= 15 is 0 Å². The van der Waals surface area contributed by atoms with Gasteiger partial charge in [0.1, 0.15) is 0 Å². The molecule has 0 aliphatic carbocycles. The van der Waals surface area contributed by atoms with E-state index in [1.54, 1.807) is 0 Å². The zero-order chi connectivity index (χ0) is 13.1. The molecule has 0 saturated carbocycles. The van der Waals surface area contributed by atoms with Crippen molar-refractivity contribution in [1.29, 1.82) is 0 Å². The topological polar surface area (TPSA) is 40.6 Å². The van der Waals surface area contributed by atoms with E-state index < -0.39 is 0 Å². The molecule has 2 aliphatic heterocycles. The van der Waals surface area contributed by atoms with Gasteiger partial charge in [-0.05, 0) is 18.1 Å². The lowest BCUT2D eigenvalue weighted by Gasteiger charge is -2.28. The van der Waals surface area contributed by atoms with Crippen LogP contribution < -0.4 is 0 Å². The predicted octanol–water partition coefficient (Wildman–Crippen LogP) is 1.41. The van der Waals surface area contributed by atoms with Crippen LogP contribution in [-0.4, -0.2) is 52.9 Å². The van der Waals surface area contributed by atoms with Crippen LogP contribution >= 0.6 is 11.8 Å². The highest BCUT2D eigenvalue weighted by atomic mass is 32.2. The zero-order valence-corrected chi connectivity index (χ0v) is 12.0. The Hall–Kier alpha value is -0.710. The molecule has 0 aromatic rings. The Labute approximate surface area is 113 Å². The molecule has 18 heavy (non-hydrogen) atoms. The van der Waals surface area contributed by atoms with Crippen LogP contribution in [0.4, 0.5) is 0 Å². The van der Waals surface area contributed by atoms with Crippen LogP contribution in [0.25, 0.3) is 0 Å². The third-order valence-electron chi connectivity index (χ3n) is 3.42. The molecule has 2 heterocycles. The molecule has 4 nitrogen and oxygen atoms in total. The number of likely N-dealkylation sites (tertiary alicyclic amines) is 1. The smallest absolute Gasteiger partial charge is 0.228 e. The van der Waals surface area contributed by atoms with Crippen molar-refractivity contribution in [2.24, 2.45) is 11.8 Å². The first-order chi connectivity index (χ1) is 8.58. The van der Waals surface area contributed by atoms with Crippen LogP contribution in [0.3, 0.4) is 0 Å². The summed E-state index contributed by atoms with van der Waals surface area (Å²) in [5, 5.41) is 0. The van der Waals surface area contributed by atoms with Gasteiger partial charge in [-0.2, -0.15) is 0 Å². The average Bonchev–Trinajstić information content (AvgIpc) is 2.70. The normalized spacial score (nSPS) is 25.1. The molecular weight excluding hydrogens is 248 g/mol. The fourth-order valence-corrected chi connectivity index (χ4v) is 3.52. The molecule has 2 fully saturated rings. The molecule has 2 aliphatic rings. The maximum Gasteiger partial charge on any atom is 0.228 e. The molecule has 0 N–H and O–H groups in total. The number of thioether (sulfide) groups is 1. The molecule has 2 amide bonds. The van der Waals surface area contributed by atoms with Crippen LogP contribution in [0, 0.1) is 11.8 Å². The SMILES string of the molecule is CC(C)CN1CC(C(=O)N2CCCSC2)CC1=O.